The van der Waals surface area contributed by atoms with Crippen LogP contribution in [0.4, 0.5) is 13.2 Å². The molecule has 134 valence electrons. The van der Waals surface area contributed by atoms with Crippen LogP contribution in [-0.4, -0.2) is 19.9 Å². The second-order valence-corrected chi connectivity index (χ2v) is 5.80. The van der Waals surface area contributed by atoms with E-state index in [1.54, 1.807) is 24.3 Å². The normalized spacial score (nSPS) is 11.7. The summed E-state index contributed by atoms with van der Waals surface area (Å²) in [5.74, 6) is 0.498. The second-order valence-electron chi connectivity index (χ2n) is 5.80. The third-order valence-corrected chi connectivity index (χ3v) is 4.01. The lowest BCUT2D eigenvalue weighted by Gasteiger charge is -2.09. The van der Waals surface area contributed by atoms with Crippen LogP contribution in [0, 0.1) is 0 Å². The van der Waals surface area contributed by atoms with Crippen molar-refractivity contribution in [3.05, 3.63) is 76.8 Å². The number of aromatic nitrogens is 4. The molecule has 0 spiro atoms. The molecule has 2 heterocycles. The highest BCUT2D eigenvalue weighted by Crippen LogP contribution is 2.32. The first kappa shape index (κ1) is 16.9. The minimum absolute atomic E-state index is 0.222. The number of nitrogens with zero attached hydrogens (tertiary/aromatic N) is 3. The Morgan fingerprint density at radius 2 is 1.63 bits per heavy atom. The number of halogens is 3. The van der Waals surface area contributed by atoms with E-state index >= 15 is 0 Å². The van der Waals surface area contributed by atoms with E-state index in [-0.39, 0.29) is 17.0 Å². The van der Waals surface area contributed by atoms with Crippen LogP contribution in [-0.2, 0) is 6.18 Å². The minimum Gasteiger partial charge on any atom is -0.303 e. The van der Waals surface area contributed by atoms with Gasteiger partial charge in [-0.15, -0.1) is 0 Å². The first-order valence-electron chi connectivity index (χ1n) is 7.91. The van der Waals surface area contributed by atoms with Crippen LogP contribution in [0.3, 0.4) is 0 Å². The van der Waals surface area contributed by atoms with Gasteiger partial charge in [0.1, 0.15) is 0 Å². The molecule has 0 aliphatic carbocycles. The zero-order valence-electron chi connectivity index (χ0n) is 13.7. The number of alkyl halides is 3. The van der Waals surface area contributed by atoms with Crippen molar-refractivity contribution in [1.82, 2.24) is 19.9 Å². The van der Waals surface area contributed by atoms with Crippen LogP contribution >= 0.6 is 0 Å². The van der Waals surface area contributed by atoms with Gasteiger partial charge in [-0.2, -0.15) is 13.2 Å². The summed E-state index contributed by atoms with van der Waals surface area (Å²) < 4.78 is 38.8. The van der Waals surface area contributed by atoms with Gasteiger partial charge in [-0.3, -0.25) is 4.79 Å². The lowest BCUT2D eigenvalue weighted by molar-refractivity contribution is -0.137. The molecule has 4 aromatic rings. The Balaban J connectivity index is 1.82. The minimum atomic E-state index is -4.43. The highest BCUT2D eigenvalue weighted by molar-refractivity contribution is 5.84. The lowest BCUT2D eigenvalue weighted by Crippen LogP contribution is -2.10. The molecular formula is C19H11F3N4O. The first-order chi connectivity index (χ1) is 12.9. The SMILES string of the molecule is O=c1[nH]c(-c2ncccn2)nc2ccc(-c3cccc(C(F)(F)F)c3)cc12. The Bertz CT molecular complexity index is 1190. The predicted molar refractivity (Wildman–Crippen MR) is 93.8 cm³/mol. The van der Waals surface area contributed by atoms with Crippen molar-refractivity contribution >= 4 is 10.9 Å². The van der Waals surface area contributed by atoms with E-state index in [9.17, 15) is 18.0 Å². The maximum Gasteiger partial charge on any atom is 0.416 e. The van der Waals surface area contributed by atoms with E-state index in [0.717, 1.165) is 12.1 Å². The van der Waals surface area contributed by atoms with Gasteiger partial charge in [0.15, 0.2) is 11.6 Å². The standard InChI is InChI=1S/C19H11F3N4O/c20-19(21,22)13-4-1-3-11(9-13)12-5-6-15-14(10-12)18(27)26-17(25-15)16-23-7-2-8-24-16/h1-10H,(H,25,26,27). The van der Waals surface area contributed by atoms with Crippen molar-refractivity contribution in [3.8, 4) is 22.8 Å². The van der Waals surface area contributed by atoms with Crippen molar-refractivity contribution in [2.45, 2.75) is 6.18 Å². The average molecular weight is 368 g/mol. The fourth-order valence-corrected chi connectivity index (χ4v) is 2.72. The van der Waals surface area contributed by atoms with Crippen molar-refractivity contribution < 1.29 is 13.2 Å². The molecule has 8 heteroatoms. The number of rotatable bonds is 2. The highest BCUT2D eigenvalue weighted by Gasteiger charge is 2.30. The topological polar surface area (TPSA) is 71.5 Å². The molecule has 1 N–H and O–H groups in total. The van der Waals surface area contributed by atoms with Gasteiger partial charge in [0.25, 0.3) is 5.56 Å². The second kappa shape index (κ2) is 6.31. The summed E-state index contributed by atoms with van der Waals surface area (Å²) in [4.78, 5) is 27.5. The fraction of sp³-hybridized carbons (Fsp3) is 0.0526. The van der Waals surface area contributed by atoms with Gasteiger partial charge < -0.3 is 4.98 Å². The molecule has 0 amide bonds. The summed E-state index contributed by atoms with van der Waals surface area (Å²) in [5, 5.41) is 0.268. The summed E-state index contributed by atoms with van der Waals surface area (Å²) >= 11 is 0. The zero-order chi connectivity index (χ0) is 19.0. The molecule has 2 aromatic heterocycles. The molecule has 0 unspecified atom stereocenters. The maximum absolute atomic E-state index is 12.9. The van der Waals surface area contributed by atoms with E-state index in [0.29, 0.717) is 16.6 Å². The van der Waals surface area contributed by atoms with Gasteiger partial charge in [0, 0.05) is 12.4 Å². The molecule has 0 fully saturated rings. The molecule has 0 aliphatic rings. The first-order valence-corrected chi connectivity index (χ1v) is 7.91. The quantitative estimate of drug-likeness (QED) is 0.579. The Morgan fingerprint density at radius 1 is 0.889 bits per heavy atom. The van der Waals surface area contributed by atoms with Crippen LogP contribution in [0.15, 0.2) is 65.7 Å². The number of hydrogen-bond acceptors (Lipinski definition) is 4. The number of H-pyrrole nitrogens is 1. The zero-order valence-corrected chi connectivity index (χ0v) is 13.7. The third-order valence-electron chi connectivity index (χ3n) is 4.01. The largest absolute Gasteiger partial charge is 0.416 e. The van der Waals surface area contributed by atoms with Crippen molar-refractivity contribution in [1.29, 1.82) is 0 Å². The molecule has 4 rings (SSSR count). The highest BCUT2D eigenvalue weighted by atomic mass is 19.4. The average Bonchev–Trinajstić information content (AvgIpc) is 2.68. The van der Waals surface area contributed by atoms with Crippen LogP contribution in [0.5, 0.6) is 0 Å². The number of fused-ring (bicyclic) bond motifs is 1. The number of hydrogen-bond donors (Lipinski definition) is 1. The molecule has 27 heavy (non-hydrogen) atoms. The van der Waals surface area contributed by atoms with E-state index in [4.69, 9.17) is 0 Å². The van der Waals surface area contributed by atoms with Crippen LogP contribution in [0.1, 0.15) is 5.56 Å². The molecule has 0 bridgehead atoms. The Hall–Kier alpha value is -3.55. The van der Waals surface area contributed by atoms with E-state index in [1.807, 2.05) is 0 Å². The van der Waals surface area contributed by atoms with Crippen molar-refractivity contribution in [2.75, 3.05) is 0 Å². The molecule has 5 nitrogen and oxygen atoms in total. The maximum atomic E-state index is 12.9. The molecule has 0 aliphatic heterocycles. The summed E-state index contributed by atoms with van der Waals surface area (Å²) in [6.07, 6.45) is -1.37. The van der Waals surface area contributed by atoms with Crippen molar-refractivity contribution in [3.63, 3.8) is 0 Å². The van der Waals surface area contributed by atoms with Crippen LogP contribution in [0.25, 0.3) is 33.7 Å². The van der Waals surface area contributed by atoms with Gasteiger partial charge in [0.2, 0.25) is 0 Å². The lowest BCUT2D eigenvalue weighted by atomic mass is 10.0. The van der Waals surface area contributed by atoms with Gasteiger partial charge in [-0.05, 0) is 41.5 Å². The molecule has 0 saturated heterocycles. The van der Waals surface area contributed by atoms with Crippen LogP contribution < -0.4 is 5.56 Å². The molecule has 0 radical (unpaired) electrons. The fourth-order valence-electron chi connectivity index (χ4n) is 2.72. The van der Waals surface area contributed by atoms with Crippen molar-refractivity contribution in [2.24, 2.45) is 0 Å². The summed E-state index contributed by atoms with van der Waals surface area (Å²) in [6, 6.07) is 11.3. The number of benzene rings is 2. The smallest absolute Gasteiger partial charge is 0.303 e. The number of aromatic amines is 1. The van der Waals surface area contributed by atoms with E-state index in [2.05, 4.69) is 19.9 Å². The number of nitrogens with one attached hydrogen (secondary N) is 1. The summed E-state index contributed by atoms with van der Waals surface area (Å²) in [6.45, 7) is 0. The predicted octanol–water partition coefficient (Wildman–Crippen LogP) is 4.07. The Morgan fingerprint density at radius 3 is 2.37 bits per heavy atom. The monoisotopic (exact) mass is 368 g/mol. The van der Waals surface area contributed by atoms with Crippen LogP contribution in [0.2, 0.25) is 0 Å². The van der Waals surface area contributed by atoms with E-state index < -0.39 is 17.3 Å². The van der Waals surface area contributed by atoms with Gasteiger partial charge in [-0.25, -0.2) is 15.0 Å². The summed E-state index contributed by atoms with van der Waals surface area (Å²) in [5.41, 5.74) is 0.0862. The molecule has 0 saturated carbocycles. The molecule has 2 aromatic carbocycles. The third kappa shape index (κ3) is 3.29. The summed E-state index contributed by atoms with van der Waals surface area (Å²) in [7, 11) is 0. The van der Waals surface area contributed by atoms with Gasteiger partial charge in [0.05, 0.1) is 16.5 Å². The Kier molecular flexibility index (Phi) is 3.95. The Labute approximate surface area is 150 Å². The molecule has 0 atom stereocenters. The molecular weight excluding hydrogens is 357 g/mol. The van der Waals surface area contributed by atoms with Gasteiger partial charge >= 0.3 is 6.18 Å². The van der Waals surface area contributed by atoms with E-state index in [1.165, 1.54) is 24.5 Å². The van der Waals surface area contributed by atoms with Gasteiger partial charge in [-0.1, -0.05) is 18.2 Å².